The first-order valence-electron chi connectivity index (χ1n) is 6.37. The number of carbonyl (C=O) groups is 1. The molecule has 0 aliphatic carbocycles. The average molecular weight is 290 g/mol. The molecule has 1 aromatic heterocycles. The zero-order valence-corrected chi connectivity index (χ0v) is 12.2. The molecule has 0 unspecified atom stereocenters. The number of methoxy groups -OCH3 is 1. The summed E-state index contributed by atoms with van der Waals surface area (Å²) in [6.07, 6.45) is 0. The van der Waals surface area contributed by atoms with Crippen LogP contribution in [0, 0.1) is 0 Å². The molecule has 0 aliphatic heterocycles. The van der Waals surface area contributed by atoms with Crippen LogP contribution in [-0.2, 0) is 11.3 Å². The van der Waals surface area contributed by atoms with E-state index in [2.05, 4.69) is 0 Å². The van der Waals surface area contributed by atoms with Crippen LogP contribution in [0.4, 0.5) is 5.69 Å². The highest BCUT2D eigenvalue weighted by molar-refractivity contribution is 7.09. The van der Waals surface area contributed by atoms with E-state index in [4.69, 9.17) is 10.5 Å². The van der Waals surface area contributed by atoms with Crippen molar-refractivity contribution in [1.29, 1.82) is 0 Å². The Morgan fingerprint density at radius 3 is 2.65 bits per heavy atom. The minimum atomic E-state index is -0.00421. The van der Waals surface area contributed by atoms with E-state index in [1.165, 1.54) is 0 Å². The van der Waals surface area contributed by atoms with Crippen molar-refractivity contribution >= 4 is 22.9 Å². The van der Waals surface area contributed by atoms with Gasteiger partial charge >= 0.3 is 0 Å². The first-order valence-corrected chi connectivity index (χ1v) is 7.25. The average Bonchev–Trinajstić information content (AvgIpc) is 2.96. The first kappa shape index (κ1) is 14.6. The van der Waals surface area contributed by atoms with Gasteiger partial charge in [0.2, 0.25) is 0 Å². The van der Waals surface area contributed by atoms with E-state index in [-0.39, 0.29) is 5.91 Å². The third kappa shape index (κ3) is 3.82. The van der Waals surface area contributed by atoms with Gasteiger partial charge in [0.25, 0.3) is 5.91 Å². The van der Waals surface area contributed by atoms with E-state index >= 15 is 0 Å². The molecule has 0 spiro atoms. The largest absolute Gasteiger partial charge is 0.399 e. The Kier molecular flexibility index (Phi) is 5.15. The number of ether oxygens (including phenoxy) is 1. The summed E-state index contributed by atoms with van der Waals surface area (Å²) in [5.41, 5.74) is 6.95. The molecule has 106 valence electrons. The maximum absolute atomic E-state index is 12.5. The van der Waals surface area contributed by atoms with Crippen LogP contribution in [0.3, 0.4) is 0 Å². The van der Waals surface area contributed by atoms with E-state index in [0.29, 0.717) is 30.9 Å². The van der Waals surface area contributed by atoms with Crippen LogP contribution in [0.2, 0.25) is 0 Å². The highest BCUT2D eigenvalue weighted by Gasteiger charge is 2.16. The molecule has 1 heterocycles. The van der Waals surface area contributed by atoms with Gasteiger partial charge in [-0.15, -0.1) is 11.3 Å². The summed E-state index contributed by atoms with van der Waals surface area (Å²) in [4.78, 5) is 15.5. The second-order valence-corrected chi connectivity index (χ2v) is 5.45. The SMILES string of the molecule is COCCN(Cc1cccs1)C(=O)c1ccc(N)cc1. The van der Waals surface area contributed by atoms with E-state index in [1.54, 1.807) is 47.6 Å². The molecule has 5 heteroatoms. The summed E-state index contributed by atoms with van der Waals surface area (Å²) < 4.78 is 5.09. The van der Waals surface area contributed by atoms with Gasteiger partial charge in [0, 0.05) is 29.8 Å². The predicted molar refractivity (Wildman–Crippen MR) is 81.8 cm³/mol. The number of hydrogen-bond acceptors (Lipinski definition) is 4. The summed E-state index contributed by atoms with van der Waals surface area (Å²) in [5.74, 6) is -0.00421. The topological polar surface area (TPSA) is 55.6 Å². The molecular formula is C15H18N2O2S. The van der Waals surface area contributed by atoms with Crippen LogP contribution in [0.5, 0.6) is 0 Å². The summed E-state index contributed by atoms with van der Waals surface area (Å²) in [7, 11) is 1.64. The van der Waals surface area contributed by atoms with E-state index in [9.17, 15) is 4.79 Å². The third-order valence-corrected chi connectivity index (χ3v) is 3.80. The number of hydrogen-bond donors (Lipinski definition) is 1. The number of nitrogens with zero attached hydrogens (tertiary/aromatic N) is 1. The molecule has 0 saturated carbocycles. The molecule has 0 bridgehead atoms. The van der Waals surface area contributed by atoms with Crippen molar-refractivity contribution in [2.75, 3.05) is 26.0 Å². The van der Waals surface area contributed by atoms with Crippen molar-refractivity contribution < 1.29 is 9.53 Å². The Morgan fingerprint density at radius 2 is 2.05 bits per heavy atom. The molecule has 0 saturated heterocycles. The molecule has 1 amide bonds. The summed E-state index contributed by atoms with van der Waals surface area (Å²) >= 11 is 1.65. The second kappa shape index (κ2) is 7.07. The van der Waals surface area contributed by atoms with Crippen LogP contribution in [0.25, 0.3) is 0 Å². The quantitative estimate of drug-likeness (QED) is 0.832. The van der Waals surface area contributed by atoms with Gasteiger partial charge in [-0.3, -0.25) is 4.79 Å². The van der Waals surface area contributed by atoms with Gasteiger partial charge in [0.05, 0.1) is 13.2 Å². The van der Waals surface area contributed by atoms with Gasteiger partial charge in [-0.05, 0) is 35.7 Å². The molecule has 20 heavy (non-hydrogen) atoms. The maximum atomic E-state index is 12.5. The molecule has 4 nitrogen and oxygen atoms in total. The molecule has 2 N–H and O–H groups in total. The van der Waals surface area contributed by atoms with E-state index in [1.807, 2.05) is 17.5 Å². The number of rotatable bonds is 6. The number of amides is 1. The molecule has 0 fully saturated rings. The van der Waals surface area contributed by atoms with Crippen molar-refractivity contribution in [2.45, 2.75) is 6.54 Å². The minimum absolute atomic E-state index is 0.00421. The van der Waals surface area contributed by atoms with Gasteiger partial charge in [0.15, 0.2) is 0 Å². The summed E-state index contributed by atoms with van der Waals surface area (Å²) in [5, 5.41) is 2.01. The lowest BCUT2D eigenvalue weighted by molar-refractivity contribution is 0.0682. The van der Waals surface area contributed by atoms with Gasteiger partial charge < -0.3 is 15.4 Å². The highest BCUT2D eigenvalue weighted by Crippen LogP contribution is 2.15. The lowest BCUT2D eigenvalue weighted by Gasteiger charge is -2.22. The predicted octanol–water partition coefficient (Wildman–Crippen LogP) is 2.62. The second-order valence-electron chi connectivity index (χ2n) is 4.42. The first-order chi connectivity index (χ1) is 9.70. The van der Waals surface area contributed by atoms with Crippen molar-refractivity contribution in [3.05, 3.63) is 52.2 Å². The molecule has 2 rings (SSSR count). The van der Waals surface area contributed by atoms with Crippen molar-refractivity contribution in [3.8, 4) is 0 Å². The van der Waals surface area contributed by atoms with Crippen molar-refractivity contribution in [1.82, 2.24) is 4.90 Å². The Balaban J connectivity index is 2.12. The van der Waals surface area contributed by atoms with Crippen LogP contribution in [-0.4, -0.2) is 31.1 Å². The molecule has 0 aliphatic rings. The van der Waals surface area contributed by atoms with Gasteiger partial charge in [-0.25, -0.2) is 0 Å². The van der Waals surface area contributed by atoms with Crippen LogP contribution < -0.4 is 5.73 Å². The monoisotopic (exact) mass is 290 g/mol. The number of nitrogen functional groups attached to an aromatic ring is 1. The van der Waals surface area contributed by atoms with Crippen LogP contribution in [0.1, 0.15) is 15.2 Å². The normalized spacial score (nSPS) is 10.4. The zero-order chi connectivity index (χ0) is 14.4. The zero-order valence-electron chi connectivity index (χ0n) is 11.4. The molecule has 0 atom stereocenters. The van der Waals surface area contributed by atoms with Crippen LogP contribution >= 0.6 is 11.3 Å². The fourth-order valence-electron chi connectivity index (χ4n) is 1.85. The fourth-order valence-corrected chi connectivity index (χ4v) is 2.57. The van der Waals surface area contributed by atoms with E-state index < -0.39 is 0 Å². The number of nitrogens with two attached hydrogens (primary N) is 1. The molecule has 0 radical (unpaired) electrons. The lowest BCUT2D eigenvalue weighted by Crippen LogP contribution is -2.33. The fraction of sp³-hybridized carbons (Fsp3) is 0.267. The van der Waals surface area contributed by atoms with Gasteiger partial charge in [0.1, 0.15) is 0 Å². The third-order valence-electron chi connectivity index (χ3n) is 2.94. The standard InChI is InChI=1S/C15H18N2O2S/c1-19-9-8-17(11-14-3-2-10-20-14)15(18)12-4-6-13(16)7-5-12/h2-7,10H,8-9,11,16H2,1H3. The maximum Gasteiger partial charge on any atom is 0.254 e. The lowest BCUT2D eigenvalue weighted by atomic mass is 10.2. The molecular weight excluding hydrogens is 272 g/mol. The number of carbonyl (C=O) groups excluding carboxylic acids is 1. The number of anilines is 1. The summed E-state index contributed by atoms with van der Waals surface area (Å²) in [6.45, 7) is 1.69. The summed E-state index contributed by atoms with van der Waals surface area (Å²) in [6, 6.07) is 11.0. The Bertz CT molecular complexity index is 538. The van der Waals surface area contributed by atoms with Gasteiger partial charge in [-0.1, -0.05) is 6.07 Å². The molecule has 1 aromatic carbocycles. The molecule has 2 aromatic rings. The van der Waals surface area contributed by atoms with E-state index in [0.717, 1.165) is 4.88 Å². The smallest absolute Gasteiger partial charge is 0.254 e. The Hall–Kier alpha value is -1.85. The van der Waals surface area contributed by atoms with Crippen LogP contribution in [0.15, 0.2) is 41.8 Å². The minimum Gasteiger partial charge on any atom is -0.399 e. The Morgan fingerprint density at radius 1 is 1.30 bits per heavy atom. The highest BCUT2D eigenvalue weighted by atomic mass is 32.1. The van der Waals surface area contributed by atoms with Gasteiger partial charge in [-0.2, -0.15) is 0 Å². The van der Waals surface area contributed by atoms with Crippen molar-refractivity contribution in [2.24, 2.45) is 0 Å². The number of benzene rings is 1. The Labute approximate surface area is 122 Å². The van der Waals surface area contributed by atoms with Crippen molar-refractivity contribution in [3.63, 3.8) is 0 Å². The number of thiophene rings is 1.